The summed E-state index contributed by atoms with van der Waals surface area (Å²) in [6.45, 7) is 1.19. The average Bonchev–Trinajstić information content (AvgIpc) is 3.31. The van der Waals surface area contributed by atoms with Gasteiger partial charge in [-0.15, -0.1) is 0 Å². The quantitative estimate of drug-likeness (QED) is 0.411. The van der Waals surface area contributed by atoms with E-state index in [1.807, 2.05) is 35.0 Å². The average molecular weight is 495 g/mol. The lowest BCUT2D eigenvalue weighted by Crippen LogP contribution is -2.50. The smallest absolute Gasteiger partial charge is 0.253 e. The lowest BCUT2D eigenvalue weighted by molar-refractivity contribution is 0.0698. The minimum atomic E-state index is -3.73. The van der Waals surface area contributed by atoms with Crippen LogP contribution in [0.2, 0.25) is 0 Å². The van der Waals surface area contributed by atoms with Gasteiger partial charge in [-0.1, -0.05) is 6.07 Å². The van der Waals surface area contributed by atoms with Gasteiger partial charge in [0, 0.05) is 44.1 Å². The number of nitrogens with zero attached hydrogens (tertiary/aromatic N) is 4. The highest BCUT2D eigenvalue weighted by atomic mass is 32.2. The first kappa shape index (κ1) is 23.0. The summed E-state index contributed by atoms with van der Waals surface area (Å²) in [6, 6.07) is 17.4. The van der Waals surface area contributed by atoms with Crippen LogP contribution in [0.3, 0.4) is 0 Å². The molecule has 3 heterocycles. The molecular weight excluding hydrogens is 471 g/mol. The third-order valence-electron chi connectivity index (χ3n) is 5.88. The van der Waals surface area contributed by atoms with E-state index in [-0.39, 0.29) is 37.0 Å². The molecular formula is C25H23FN4O4S. The summed E-state index contributed by atoms with van der Waals surface area (Å²) in [5.41, 5.74) is 2.14. The Morgan fingerprint density at radius 1 is 0.943 bits per heavy atom. The highest BCUT2D eigenvalue weighted by Gasteiger charge is 2.30. The number of imidazole rings is 1. The van der Waals surface area contributed by atoms with E-state index in [0.29, 0.717) is 17.9 Å². The SMILES string of the molecule is O=C(c1ccc(OCc2cn3ccccc3n2)cc1)N1CCN(S(=O)(=O)c2ccc(F)cc2)CC1. The highest BCUT2D eigenvalue weighted by molar-refractivity contribution is 7.89. The summed E-state index contributed by atoms with van der Waals surface area (Å²) in [5, 5.41) is 0. The third-order valence-corrected chi connectivity index (χ3v) is 7.79. The van der Waals surface area contributed by atoms with Gasteiger partial charge in [-0.3, -0.25) is 4.79 Å². The molecule has 1 fully saturated rings. The van der Waals surface area contributed by atoms with Gasteiger partial charge in [-0.25, -0.2) is 17.8 Å². The summed E-state index contributed by atoms with van der Waals surface area (Å²) in [5.74, 6) is -0.0458. The topological polar surface area (TPSA) is 84.2 Å². The molecule has 2 aromatic carbocycles. The molecule has 1 amide bonds. The Morgan fingerprint density at radius 2 is 1.66 bits per heavy atom. The Morgan fingerprint density at radius 3 is 2.34 bits per heavy atom. The fourth-order valence-electron chi connectivity index (χ4n) is 3.98. The lowest BCUT2D eigenvalue weighted by Gasteiger charge is -2.34. The lowest BCUT2D eigenvalue weighted by atomic mass is 10.2. The number of carbonyl (C=O) groups is 1. The monoisotopic (exact) mass is 494 g/mol. The Hall–Kier alpha value is -3.76. The second-order valence-electron chi connectivity index (χ2n) is 8.16. The molecule has 2 aromatic heterocycles. The normalized spacial score (nSPS) is 14.8. The van der Waals surface area contributed by atoms with Crippen LogP contribution in [-0.4, -0.2) is 59.1 Å². The fourth-order valence-corrected chi connectivity index (χ4v) is 5.40. The maximum absolute atomic E-state index is 13.1. The molecule has 8 nitrogen and oxygen atoms in total. The zero-order valence-corrected chi connectivity index (χ0v) is 19.6. The molecule has 0 radical (unpaired) electrons. The number of fused-ring (bicyclic) bond motifs is 1. The molecule has 180 valence electrons. The first-order chi connectivity index (χ1) is 16.9. The van der Waals surface area contributed by atoms with E-state index in [1.165, 1.54) is 16.4 Å². The van der Waals surface area contributed by atoms with Crippen molar-refractivity contribution in [3.05, 3.63) is 96.2 Å². The Bertz CT molecular complexity index is 1410. The van der Waals surface area contributed by atoms with Crippen molar-refractivity contribution in [3.63, 3.8) is 0 Å². The van der Waals surface area contributed by atoms with E-state index in [4.69, 9.17) is 4.74 Å². The van der Waals surface area contributed by atoms with Crippen LogP contribution in [0.5, 0.6) is 5.75 Å². The third kappa shape index (κ3) is 4.89. The maximum Gasteiger partial charge on any atom is 0.253 e. The maximum atomic E-state index is 13.1. The Labute approximate surface area is 202 Å². The van der Waals surface area contributed by atoms with Crippen molar-refractivity contribution < 1.29 is 22.3 Å². The predicted molar refractivity (Wildman–Crippen MR) is 127 cm³/mol. The molecule has 1 aliphatic rings. The van der Waals surface area contributed by atoms with Gasteiger partial charge in [0.05, 0.1) is 10.6 Å². The van der Waals surface area contributed by atoms with Gasteiger partial charge in [0.1, 0.15) is 23.8 Å². The number of hydrogen-bond donors (Lipinski definition) is 0. The molecule has 1 saturated heterocycles. The van der Waals surface area contributed by atoms with Crippen molar-refractivity contribution in [2.45, 2.75) is 11.5 Å². The number of pyridine rings is 1. The standard InChI is InChI=1S/C25H23FN4O4S/c26-20-6-10-23(11-7-20)35(32,33)30-15-13-28(14-16-30)25(31)19-4-8-22(9-5-19)34-18-21-17-29-12-2-1-3-24(29)27-21/h1-12,17H,13-16,18H2. The number of benzene rings is 2. The predicted octanol–water partition coefficient (Wildman–Crippen LogP) is 3.20. The van der Waals surface area contributed by atoms with Gasteiger partial charge in [0.2, 0.25) is 10.0 Å². The summed E-state index contributed by atoms with van der Waals surface area (Å²) in [6.07, 6.45) is 3.83. The number of carbonyl (C=O) groups excluding carboxylic acids is 1. The molecule has 0 aliphatic carbocycles. The van der Waals surface area contributed by atoms with Crippen LogP contribution in [0.1, 0.15) is 16.1 Å². The molecule has 4 aromatic rings. The van der Waals surface area contributed by atoms with Crippen LogP contribution < -0.4 is 4.74 Å². The summed E-state index contributed by atoms with van der Waals surface area (Å²) >= 11 is 0. The Kier molecular flexibility index (Phi) is 6.23. The molecule has 5 rings (SSSR count). The van der Waals surface area contributed by atoms with Crippen LogP contribution in [0.15, 0.2) is 84.0 Å². The summed E-state index contributed by atoms with van der Waals surface area (Å²) < 4.78 is 47.7. The van der Waals surface area contributed by atoms with E-state index >= 15 is 0 Å². The van der Waals surface area contributed by atoms with Crippen molar-refractivity contribution in [1.29, 1.82) is 0 Å². The molecule has 10 heteroatoms. The van der Waals surface area contributed by atoms with Gasteiger partial charge in [0.15, 0.2) is 0 Å². The van der Waals surface area contributed by atoms with Gasteiger partial charge >= 0.3 is 0 Å². The van der Waals surface area contributed by atoms with Crippen LogP contribution in [-0.2, 0) is 16.6 Å². The van der Waals surface area contributed by atoms with E-state index in [9.17, 15) is 17.6 Å². The zero-order chi connectivity index (χ0) is 24.4. The first-order valence-corrected chi connectivity index (χ1v) is 12.5. The van der Waals surface area contributed by atoms with E-state index in [1.54, 1.807) is 29.2 Å². The van der Waals surface area contributed by atoms with Gasteiger partial charge in [-0.2, -0.15) is 4.31 Å². The summed E-state index contributed by atoms with van der Waals surface area (Å²) in [4.78, 5) is 19.1. The molecule has 0 N–H and O–H groups in total. The van der Waals surface area contributed by atoms with Crippen molar-refractivity contribution in [3.8, 4) is 5.75 Å². The number of rotatable bonds is 6. The van der Waals surface area contributed by atoms with Crippen LogP contribution >= 0.6 is 0 Å². The zero-order valence-electron chi connectivity index (χ0n) is 18.7. The van der Waals surface area contributed by atoms with E-state index in [2.05, 4.69) is 4.98 Å². The molecule has 0 unspecified atom stereocenters. The summed E-state index contributed by atoms with van der Waals surface area (Å²) in [7, 11) is -3.73. The fraction of sp³-hybridized carbons (Fsp3) is 0.200. The number of hydrogen-bond acceptors (Lipinski definition) is 5. The van der Waals surface area contributed by atoms with Crippen LogP contribution in [0.4, 0.5) is 4.39 Å². The van der Waals surface area contributed by atoms with Crippen LogP contribution in [0.25, 0.3) is 5.65 Å². The number of amides is 1. The van der Waals surface area contributed by atoms with Crippen LogP contribution in [0, 0.1) is 5.82 Å². The molecule has 35 heavy (non-hydrogen) atoms. The first-order valence-electron chi connectivity index (χ1n) is 11.1. The Balaban J connectivity index is 1.17. The van der Waals surface area contributed by atoms with Crippen molar-refractivity contribution in [1.82, 2.24) is 18.6 Å². The highest BCUT2D eigenvalue weighted by Crippen LogP contribution is 2.20. The molecule has 0 saturated carbocycles. The largest absolute Gasteiger partial charge is 0.487 e. The number of halogens is 1. The number of piperazine rings is 1. The van der Waals surface area contributed by atoms with E-state index in [0.717, 1.165) is 23.5 Å². The minimum Gasteiger partial charge on any atom is -0.487 e. The minimum absolute atomic E-state index is 0.0397. The van der Waals surface area contributed by atoms with Crippen molar-refractivity contribution >= 4 is 21.6 Å². The second-order valence-corrected chi connectivity index (χ2v) is 10.1. The van der Waals surface area contributed by atoms with Gasteiger partial charge < -0.3 is 14.0 Å². The molecule has 0 atom stereocenters. The van der Waals surface area contributed by atoms with Crippen molar-refractivity contribution in [2.24, 2.45) is 0 Å². The molecule has 1 aliphatic heterocycles. The number of ether oxygens (including phenoxy) is 1. The van der Waals surface area contributed by atoms with Gasteiger partial charge in [-0.05, 0) is 60.7 Å². The second kappa shape index (κ2) is 9.47. The molecule has 0 bridgehead atoms. The van der Waals surface area contributed by atoms with Crippen molar-refractivity contribution in [2.75, 3.05) is 26.2 Å². The van der Waals surface area contributed by atoms with Gasteiger partial charge in [0.25, 0.3) is 5.91 Å². The number of aromatic nitrogens is 2. The molecule has 0 spiro atoms. The van der Waals surface area contributed by atoms with E-state index < -0.39 is 15.8 Å². The number of sulfonamides is 1.